The zero-order valence-electron chi connectivity index (χ0n) is 8.58. The molecule has 14 heavy (non-hydrogen) atoms. The predicted octanol–water partition coefficient (Wildman–Crippen LogP) is 1.23. The molecule has 0 spiro atoms. The zero-order chi connectivity index (χ0) is 10.6. The van der Waals surface area contributed by atoms with Gasteiger partial charge < -0.3 is 10.0 Å². The highest BCUT2D eigenvalue weighted by Crippen LogP contribution is 2.17. The van der Waals surface area contributed by atoms with Crippen LogP contribution in [0.4, 0.5) is 0 Å². The second kappa shape index (κ2) is 5.56. The Labute approximate surface area is 90.0 Å². The smallest absolute Gasteiger partial charge is 0.222 e. The molecule has 0 bridgehead atoms. The van der Waals surface area contributed by atoms with Gasteiger partial charge in [-0.1, -0.05) is 6.92 Å². The number of nitrogens with zero attached hydrogens (tertiary/aromatic N) is 1. The Morgan fingerprint density at radius 3 is 2.93 bits per heavy atom. The molecule has 1 amide bonds. The summed E-state index contributed by atoms with van der Waals surface area (Å²) >= 11 is 5.53. The van der Waals surface area contributed by atoms with Crippen molar-refractivity contribution in [3.05, 3.63) is 0 Å². The molecule has 0 aliphatic carbocycles. The standard InChI is InChI=1S/C10H18ClNO2/c1-8-7-12(6-4-9(8)13)10(14)3-2-5-11/h8-9,13H,2-7H2,1H3. The maximum absolute atomic E-state index is 11.6. The van der Waals surface area contributed by atoms with Crippen LogP contribution in [0.3, 0.4) is 0 Å². The van der Waals surface area contributed by atoms with Crippen LogP contribution in [0, 0.1) is 5.92 Å². The topological polar surface area (TPSA) is 40.5 Å². The van der Waals surface area contributed by atoms with Crippen molar-refractivity contribution in [2.24, 2.45) is 5.92 Å². The van der Waals surface area contributed by atoms with Crippen LogP contribution in [0.15, 0.2) is 0 Å². The summed E-state index contributed by atoms with van der Waals surface area (Å²) in [4.78, 5) is 13.4. The third-order valence-electron chi connectivity index (χ3n) is 2.74. The second-order valence-corrected chi connectivity index (χ2v) is 4.34. The average Bonchev–Trinajstić information content (AvgIpc) is 2.18. The van der Waals surface area contributed by atoms with E-state index < -0.39 is 0 Å². The Morgan fingerprint density at radius 1 is 1.64 bits per heavy atom. The lowest BCUT2D eigenvalue weighted by atomic mass is 9.96. The van der Waals surface area contributed by atoms with E-state index in [2.05, 4.69) is 0 Å². The summed E-state index contributed by atoms with van der Waals surface area (Å²) in [7, 11) is 0. The number of hydrogen-bond donors (Lipinski definition) is 1. The molecular formula is C10H18ClNO2. The lowest BCUT2D eigenvalue weighted by Gasteiger charge is -2.34. The summed E-state index contributed by atoms with van der Waals surface area (Å²) in [5.41, 5.74) is 0. The van der Waals surface area contributed by atoms with Crippen molar-refractivity contribution in [2.75, 3.05) is 19.0 Å². The molecule has 0 aromatic heterocycles. The molecule has 1 saturated heterocycles. The number of alkyl halides is 1. The van der Waals surface area contributed by atoms with Crippen molar-refractivity contribution in [3.63, 3.8) is 0 Å². The van der Waals surface area contributed by atoms with Gasteiger partial charge in [-0.15, -0.1) is 11.6 Å². The fraction of sp³-hybridized carbons (Fsp3) is 0.900. The molecule has 4 heteroatoms. The zero-order valence-corrected chi connectivity index (χ0v) is 9.33. The number of rotatable bonds is 3. The van der Waals surface area contributed by atoms with Gasteiger partial charge in [0.05, 0.1) is 6.10 Å². The number of aliphatic hydroxyl groups excluding tert-OH is 1. The summed E-state index contributed by atoms with van der Waals surface area (Å²) in [5.74, 6) is 0.908. The summed E-state index contributed by atoms with van der Waals surface area (Å²) < 4.78 is 0. The molecule has 0 aromatic rings. The Morgan fingerprint density at radius 2 is 2.36 bits per heavy atom. The number of carbonyl (C=O) groups excluding carboxylic acids is 1. The minimum Gasteiger partial charge on any atom is -0.393 e. The molecule has 0 saturated carbocycles. The number of carbonyl (C=O) groups is 1. The minimum absolute atomic E-state index is 0.171. The van der Waals surface area contributed by atoms with Crippen LogP contribution in [0.2, 0.25) is 0 Å². The summed E-state index contributed by atoms with van der Waals surface area (Å²) in [6, 6.07) is 0. The molecule has 1 aliphatic rings. The lowest BCUT2D eigenvalue weighted by molar-refractivity contribution is -0.134. The van der Waals surface area contributed by atoms with E-state index in [9.17, 15) is 9.90 Å². The van der Waals surface area contributed by atoms with E-state index >= 15 is 0 Å². The minimum atomic E-state index is -0.243. The van der Waals surface area contributed by atoms with Crippen molar-refractivity contribution in [2.45, 2.75) is 32.3 Å². The van der Waals surface area contributed by atoms with Crippen molar-refractivity contribution in [1.82, 2.24) is 4.90 Å². The molecule has 1 heterocycles. The van der Waals surface area contributed by atoms with Gasteiger partial charge in [0, 0.05) is 25.4 Å². The molecule has 1 rings (SSSR count). The van der Waals surface area contributed by atoms with E-state index in [0.29, 0.717) is 31.8 Å². The van der Waals surface area contributed by atoms with Crippen LogP contribution in [0.25, 0.3) is 0 Å². The molecule has 1 aliphatic heterocycles. The molecule has 1 N–H and O–H groups in total. The van der Waals surface area contributed by atoms with Gasteiger partial charge in [-0.2, -0.15) is 0 Å². The first-order chi connectivity index (χ1) is 6.65. The first-order valence-electron chi connectivity index (χ1n) is 5.17. The Bertz CT molecular complexity index is 199. The Kier molecular flexibility index (Phi) is 4.69. The van der Waals surface area contributed by atoms with Gasteiger partial charge in [0.15, 0.2) is 0 Å². The molecule has 0 aromatic carbocycles. The molecule has 3 nitrogen and oxygen atoms in total. The van der Waals surface area contributed by atoms with E-state index in [1.54, 1.807) is 0 Å². The molecule has 2 atom stereocenters. The van der Waals surface area contributed by atoms with Crippen molar-refractivity contribution >= 4 is 17.5 Å². The van der Waals surface area contributed by atoms with Gasteiger partial charge in [-0.25, -0.2) is 0 Å². The highest BCUT2D eigenvalue weighted by Gasteiger charge is 2.26. The highest BCUT2D eigenvalue weighted by atomic mass is 35.5. The third-order valence-corrected chi connectivity index (χ3v) is 3.00. The third kappa shape index (κ3) is 3.14. The van der Waals surface area contributed by atoms with E-state index in [-0.39, 0.29) is 17.9 Å². The maximum Gasteiger partial charge on any atom is 0.222 e. The number of halogens is 1. The number of piperidine rings is 1. The van der Waals surface area contributed by atoms with Gasteiger partial charge in [0.25, 0.3) is 0 Å². The van der Waals surface area contributed by atoms with E-state index in [1.165, 1.54) is 0 Å². The fourth-order valence-electron chi connectivity index (χ4n) is 1.74. The van der Waals surface area contributed by atoms with E-state index in [4.69, 9.17) is 11.6 Å². The number of hydrogen-bond acceptors (Lipinski definition) is 2. The summed E-state index contributed by atoms with van der Waals surface area (Å²) in [6.07, 6.45) is 1.74. The highest BCUT2D eigenvalue weighted by molar-refractivity contribution is 6.17. The van der Waals surface area contributed by atoms with Crippen LogP contribution in [-0.2, 0) is 4.79 Å². The monoisotopic (exact) mass is 219 g/mol. The molecular weight excluding hydrogens is 202 g/mol. The van der Waals surface area contributed by atoms with Crippen molar-refractivity contribution in [1.29, 1.82) is 0 Å². The first kappa shape index (κ1) is 11.8. The van der Waals surface area contributed by atoms with Crippen LogP contribution < -0.4 is 0 Å². The largest absolute Gasteiger partial charge is 0.393 e. The molecule has 2 unspecified atom stereocenters. The van der Waals surface area contributed by atoms with Crippen LogP contribution in [0.1, 0.15) is 26.2 Å². The predicted molar refractivity (Wildman–Crippen MR) is 56.3 cm³/mol. The van der Waals surface area contributed by atoms with Gasteiger partial charge in [-0.3, -0.25) is 4.79 Å². The molecule has 0 radical (unpaired) electrons. The van der Waals surface area contributed by atoms with Crippen LogP contribution in [0.5, 0.6) is 0 Å². The SMILES string of the molecule is CC1CN(C(=O)CCCCl)CCC1O. The normalized spacial score (nSPS) is 27.8. The van der Waals surface area contributed by atoms with Gasteiger partial charge >= 0.3 is 0 Å². The second-order valence-electron chi connectivity index (χ2n) is 3.97. The van der Waals surface area contributed by atoms with Gasteiger partial charge in [0.1, 0.15) is 0 Å². The van der Waals surface area contributed by atoms with E-state index in [0.717, 1.165) is 6.42 Å². The maximum atomic E-state index is 11.6. The summed E-state index contributed by atoms with van der Waals surface area (Å²) in [6.45, 7) is 3.35. The Hall–Kier alpha value is -0.280. The first-order valence-corrected chi connectivity index (χ1v) is 5.70. The summed E-state index contributed by atoms with van der Waals surface area (Å²) in [5, 5.41) is 9.49. The van der Waals surface area contributed by atoms with Crippen LogP contribution >= 0.6 is 11.6 Å². The lowest BCUT2D eigenvalue weighted by Crippen LogP contribution is -2.44. The van der Waals surface area contributed by atoms with Crippen molar-refractivity contribution in [3.8, 4) is 0 Å². The molecule has 1 fully saturated rings. The van der Waals surface area contributed by atoms with Gasteiger partial charge in [0.2, 0.25) is 5.91 Å². The Balaban J connectivity index is 2.34. The number of likely N-dealkylation sites (tertiary alicyclic amines) is 1. The number of amides is 1. The van der Waals surface area contributed by atoms with Crippen molar-refractivity contribution < 1.29 is 9.90 Å². The van der Waals surface area contributed by atoms with E-state index in [1.807, 2.05) is 11.8 Å². The van der Waals surface area contributed by atoms with Crippen LogP contribution in [-0.4, -0.2) is 41.0 Å². The number of aliphatic hydroxyl groups is 1. The van der Waals surface area contributed by atoms with Gasteiger partial charge in [-0.05, 0) is 18.8 Å². The quantitative estimate of drug-likeness (QED) is 0.726. The average molecular weight is 220 g/mol. The molecule has 82 valence electrons. The fourth-order valence-corrected chi connectivity index (χ4v) is 1.87.